The largest absolute Gasteiger partial charge is 0.382 e. The third-order valence-electron chi connectivity index (χ3n) is 5.34. The highest BCUT2D eigenvalue weighted by Gasteiger charge is 2.25. The fourth-order valence-electron chi connectivity index (χ4n) is 3.71. The lowest BCUT2D eigenvalue weighted by Gasteiger charge is -2.35. The molecule has 1 unspecified atom stereocenters. The quantitative estimate of drug-likeness (QED) is 0.191. The van der Waals surface area contributed by atoms with Gasteiger partial charge in [0.25, 0.3) is 0 Å². The molecule has 0 saturated heterocycles. The average molecular weight is 559 g/mol. The van der Waals surface area contributed by atoms with Crippen LogP contribution in [0.4, 0.5) is 0 Å². The van der Waals surface area contributed by atoms with Crippen molar-refractivity contribution in [3.63, 3.8) is 0 Å². The number of guanidine groups is 1. The molecule has 1 aliphatic heterocycles. The van der Waals surface area contributed by atoms with E-state index in [0.29, 0.717) is 19.3 Å². The maximum atomic E-state index is 5.52. The van der Waals surface area contributed by atoms with Crippen molar-refractivity contribution in [2.24, 2.45) is 4.99 Å². The molecule has 6 nitrogen and oxygen atoms in total. The first kappa shape index (κ1) is 26.1. The van der Waals surface area contributed by atoms with Crippen LogP contribution < -0.4 is 10.6 Å². The van der Waals surface area contributed by atoms with E-state index in [-0.39, 0.29) is 24.0 Å². The van der Waals surface area contributed by atoms with Crippen molar-refractivity contribution in [1.82, 2.24) is 15.5 Å². The molecule has 0 bridgehead atoms. The highest BCUT2D eigenvalue weighted by molar-refractivity contribution is 14.0. The smallest absolute Gasteiger partial charge is 0.191 e. The third-order valence-corrected chi connectivity index (χ3v) is 6.36. The molecule has 8 heteroatoms. The van der Waals surface area contributed by atoms with Gasteiger partial charge in [0.05, 0.1) is 19.3 Å². The van der Waals surface area contributed by atoms with Crippen molar-refractivity contribution in [3.05, 3.63) is 57.8 Å². The number of benzene rings is 1. The lowest BCUT2D eigenvalue weighted by molar-refractivity contribution is 0.0698. The summed E-state index contributed by atoms with van der Waals surface area (Å²) in [6, 6.07) is 13.4. The first-order valence-corrected chi connectivity index (χ1v) is 11.5. The van der Waals surface area contributed by atoms with E-state index in [0.717, 1.165) is 51.6 Å². The Kier molecular flexibility index (Phi) is 12.4. The van der Waals surface area contributed by atoms with Gasteiger partial charge in [0, 0.05) is 51.8 Å². The minimum Gasteiger partial charge on any atom is -0.382 e. The van der Waals surface area contributed by atoms with Crippen molar-refractivity contribution in [1.29, 1.82) is 0 Å². The van der Waals surface area contributed by atoms with Crippen LogP contribution in [-0.2, 0) is 22.4 Å². The highest BCUT2D eigenvalue weighted by atomic mass is 127. The highest BCUT2D eigenvalue weighted by Crippen LogP contribution is 2.30. The fraction of sp³-hybridized carbons (Fsp3) is 0.522. The van der Waals surface area contributed by atoms with Crippen LogP contribution in [0, 0.1) is 0 Å². The van der Waals surface area contributed by atoms with Crippen LogP contribution in [0.25, 0.3) is 0 Å². The Labute approximate surface area is 207 Å². The maximum absolute atomic E-state index is 5.52. The monoisotopic (exact) mass is 558 g/mol. The van der Waals surface area contributed by atoms with Gasteiger partial charge < -0.3 is 20.1 Å². The Morgan fingerprint density at radius 3 is 2.77 bits per heavy atom. The lowest BCUT2D eigenvalue weighted by atomic mass is 10.0. The predicted octanol–water partition coefficient (Wildman–Crippen LogP) is 3.68. The molecule has 2 heterocycles. The number of halogens is 1. The van der Waals surface area contributed by atoms with Gasteiger partial charge in [0.15, 0.2) is 5.96 Å². The Balaban J connectivity index is 0.00000341. The minimum atomic E-state index is 0. The second-order valence-corrected chi connectivity index (χ2v) is 8.36. The molecule has 0 aliphatic carbocycles. The molecule has 2 N–H and O–H groups in total. The van der Waals surface area contributed by atoms with Gasteiger partial charge in [-0.3, -0.25) is 9.89 Å². The SMILES string of the molecule is CN=C(NCCCOCCOC)NCC(c1ccccc1)N1CCc2sccc2C1.I. The molecule has 0 spiro atoms. The molecule has 0 radical (unpaired) electrons. The molecule has 2 aromatic rings. The number of hydrogen-bond acceptors (Lipinski definition) is 5. The van der Waals surface area contributed by atoms with E-state index in [9.17, 15) is 0 Å². The standard InChI is InChI=1S/C23H34N4O2S.HI/c1-24-23(25-11-6-13-29-15-14-28-2)26-17-21(19-7-4-3-5-8-19)27-12-9-22-20(18-27)10-16-30-22;/h3-5,7-8,10,16,21H,6,9,11-15,17-18H2,1-2H3,(H2,24,25,26);1H. The van der Waals surface area contributed by atoms with Crippen molar-refractivity contribution in [3.8, 4) is 0 Å². The van der Waals surface area contributed by atoms with E-state index >= 15 is 0 Å². The van der Waals surface area contributed by atoms with E-state index in [1.54, 1.807) is 7.11 Å². The molecule has 0 saturated carbocycles. The lowest BCUT2D eigenvalue weighted by Crippen LogP contribution is -2.44. The summed E-state index contributed by atoms with van der Waals surface area (Å²) < 4.78 is 10.5. The summed E-state index contributed by atoms with van der Waals surface area (Å²) in [5.74, 6) is 0.834. The normalized spacial score (nSPS) is 15.1. The van der Waals surface area contributed by atoms with Gasteiger partial charge in [0.1, 0.15) is 0 Å². The average Bonchev–Trinajstić information content (AvgIpc) is 3.26. The number of thiophene rings is 1. The van der Waals surface area contributed by atoms with Gasteiger partial charge in [-0.25, -0.2) is 0 Å². The minimum absolute atomic E-state index is 0. The van der Waals surface area contributed by atoms with Gasteiger partial charge in [-0.2, -0.15) is 0 Å². The molecule has 0 fully saturated rings. The van der Waals surface area contributed by atoms with E-state index in [4.69, 9.17) is 9.47 Å². The van der Waals surface area contributed by atoms with Gasteiger partial charge in [-0.05, 0) is 35.4 Å². The first-order chi connectivity index (χ1) is 14.8. The van der Waals surface area contributed by atoms with Crippen molar-refractivity contribution in [2.45, 2.75) is 25.4 Å². The molecule has 1 aromatic heterocycles. The van der Waals surface area contributed by atoms with E-state index < -0.39 is 0 Å². The number of methoxy groups -OCH3 is 1. The molecule has 172 valence electrons. The van der Waals surface area contributed by atoms with Crippen LogP contribution >= 0.6 is 35.3 Å². The number of ether oxygens (including phenoxy) is 2. The summed E-state index contributed by atoms with van der Waals surface area (Å²) in [7, 11) is 3.51. The summed E-state index contributed by atoms with van der Waals surface area (Å²) >= 11 is 1.89. The second-order valence-electron chi connectivity index (χ2n) is 7.35. The van der Waals surface area contributed by atoms with Gasteiger partial charge in [-0.1, -0.05) is 30.3 Å². The Bertz CT molecular complexity index is 772. The zero-order valence-electron chi connectivity index (χ0n) is 18.5. The van der Waals surface area contributed by atoms with Crippen LogP contribution in [0.2, 0.25) is 0 Å². The molecule has 0 amide bonds. The van der Waals surface area contributed by atoms with Crippen LogP contribution in [0.5, 0.6) is 0 Å². The zero-order valence-corrected chi connectivity index (χ0v) is 21.7. The zero-order chi connectivity index (χ0) is 21.0. The van der Waals surface area contributed by atoms with Gasteiger partial charge >= 0.3 is 0 Å². The maximum Gasteiger partial charge on any atom is 0.191 e. The van der Waals surface area contributed by atoms with Crippen LogP contribution in [0.15, 0.2) is 46.8 Å². The summed E-state index contributed by atoms with van der Waals surface area (Å²) in [4.78, 5) is 8.51. The fourth-order valence-corrected chi connectivity index (χ4v) is 4.60. The molecule has 1 aromatic carbocycles. The van der Waals surface area contributed by atoms with Crippen molar-refractivity contribution >= 4 is 41.3 Å². The van der Waals surface area contributed by atoms with Gasteiger partial charge in [0.2, 0.25) is 0 Å². The van der Waals surface area contributed by atoms with Crippen LogP contribution in [0.3, 0.4) is 0 Å². The third kappa shape index (κ3) is 8.34. The number of fused-ring (bicyclic) bond motifs is 1. The molecule has 1 atom stereocenters. The first-order valence-electron chi connectivity index (χ1n) is 10.7. The van der Waals surface area contributed by atoms with E-state index in [1.807, 2.05) is 18.4 Å². The number of rotatable bonds is 11. The molecule has 3 rings (SSSR count). The van der Waals surface area contributed by atoms with Crippen LogP contribution in [-0.4, -0.2) is 64.5 Å². The number of hydrogen-bond donors (Lipinski definition) is 2. The predicted molar refractivity (Wildman–Crippen MR) is 140 cm³/mol. The number of nitrogens with one attached hydrogen (secondary N) is 2. The number of aliphatic imine (C=N–C) groups is 1. The Morgan fingerprint density at radius 1 is 1.16 bits per heavy atom. The topological polar surface area (TPSA) is 58.1 Å². The molecular formula is C23H35IN4O2S. The van der Waals surface area contributed by atoms with Crippen molar-refractivity contribution in [2.75, 3.05) is 53.6 Å². The molecule has 31 heavy (non-hydrogen) atoms. The summed E-state index contributed by atoms with van der Waals surface area (Å²) in [5.41, 5.74) is 2.81. The van der Waals surface area contributed by atoms with E-state index in [1.165, 1.54) is 16.0 Å². The van der Waals surface area contributed by atoms with E-state index in [2.05, 4.69) is 62.3 Å². The Morgan fingerprint density at radius 2 is 2.00 bits per heavy atom. The Hall–Kier alpha value is -1.20. The number of nitrogens with zero attached hydrogens (tertiary/aromatic N) is 2. The second kappa shape index (κ2) is 14.8. The molecule has 1 aliphatic rings. The van der Waals surface area contributed by atoms with Gasteiger partial charge in [-0.15, -0.1) is 35.3 Å². The molecular weight excluding hydrogens is 523 g/mol. The van der Waals surface area contributed by atoms with Crippen LogP contribution in [0.1, 0.15) is 28.5 Å². The summed E-state index contributed by atoms with van der Waals surface area (Å²) in [6.07, 6.45) is 2.06. The summed E-state index contributed by atoms with van der Waals surface area (Å²) in [5, 5.41) is 9.14. The summed E-state index contributed by atoms with van der Waals surface area (Å²) in [6.45, 7) is 5.73. The van der Waals surface area contributed by atoms with Crippen molar-refractivity contribution < 1.29 is 9.47 Å².